The van der Waals surface area contributed by atoms with Gasteiger partial charge in [0.25, 0.3) is 5.91 Å². The molecule has 0 atom stereocenters. The molecule has 0 saturated carbocycles. The number of rotatable bonds is 3. The van der Waals surface area contributed by atoms with E-state index in [4.69, 9.17) is 4.74 Å². The fourth-order valence-electron chi connectivity index (χ4n) is 3.04. The zero-order valence-corrected chi connectivity index (χ0v) is 15.0. The van der Waals surface area contributed by atoms with E-state index in [-0.39, 0.29) is 25.9 Å². The molecule has 8 nitrogen and oxygen atoms in total. The molecular formula is C15H21F3N4O4. The highest BCUT2D eigenvalue weighted by Crippen LogP contribution is 2.28. The lowest BCUT2D eigenvalue weighted by molar-refractivity contribution is -0.169. The van der Waals surface area contributed by atoms with Crippen molar-refractivity contribution in [3.05, 3.63) is 16.3 Å². The summed E-state index contributed by atoms with van der Waals surface area (Å²) < 4.78 is 45.0. The average molecular weight is 378 g/mol. The van der Waals surface area contributed by atoms with Gasteiger partial charge >= 0.3 is 17.8 Å². The molecule has 0 unspecified atom stereocenters. The van der Waals surface area contributed by atoms with Crippen LogP contribution in [-0.4, -0.2) is 49.8 Å². The third-order valence-corrected chi connectivity index (χ3v) is 4.27. The molecule has 1 amide bonds. The molecule has 0 spiro atoms. The van der Waals surface area contributed by atoms with Crippen molar-refractivity contribution in [1.82, 2.24) is 19.2 Å². The van der Waals surface area contributed by atoms with Gasteiger partial charge in [0.1, 0.15) is 0 Å². The molecule has 1 saturated heterocycles. The average Bonchev–Trinajstić information content (AvgIpc) is 2.81. The first-order valence-electron chi connectivity index (χ1n) is 8.06. The predicted molar refractivity (Wildman–Crippen MR) is 83.2 cm³/mol. The van der Waals surface area contributed by atoms with Crippen LogP contribution in [0.1, 0.15) is 45.5 Å². The number of aromatic nitrogens is 3. The number of alkyl halides is 3. The summed E-state index contributed by atoms with van der Waals surface area (Å²) in [6.45, 7) is 4.59. The fourth-order valence-corrected chi connectivity index (χ4v) is 3.04. The van der Waals surface area contributed by atoms with E-state index in [1.54, 1.807) is 0 Å². The Hall–Kier alpha value is -2.33. The van der Waals surface area contributed by atoms with Gasteiger partial charge in [-0.2, -0.15) is 13.2 Å². The zero-order valence-electron chi connectivity index (χ0n) is 15.0. The molecular weight excluding hydrogens is 357 g/mol. The number of piperidine rings is 1. The molecule has 1 aromatic rings. The van der Waals surface area contributed by atoms with Crippen LogP contribution in [0.4, 0.5) is 13.2 Å². The monoisotopic (exact) mass is 378 g/mol. The van der Waals surface area contributed by atoms with E-state index in [1.807, 2.05) is 0 Å². The van der Waals surface area contributed by atoms with Crippen LogP contribution in [0.25, 0.3) is 0 Å². The summed E-state index contributed by atoms with van der Waals surface area (Å²) in [4.78, 5) is 37.1. The van der Waals surface area contributed by atoms with Crippen molar-refractivity contribution in [3.63, 3.8) is 0 Å². The topological polar surface area (TPSA) is 86.4 Å². The molecule has 0 aromatic carbocycles. The maximum absolute atomic E-state index is 12.9. The van der Waals surface area contributed by atoms with Crippen LogP contribution in [-0.2, 0) is 27.5 Å². The van der Waals surface area contributed by atoms with Crippen molar-refractivity contribution in [3.8, 4) is 0 Å². The minimum atomic E-state index is -4.72. The summed E-state index contributed by atoms with van der Waals surface area (Å²) in [5, 5.41) is 3.43. The molecule has 0 bridgehead atoms. The second kappa shape index (κ2) is 6.76. The van der Waals surface area contributed by atoms with Crippen LogP contribution in [0.2, 0.25) is 0 Å². The lowest BCUT2D eigenvalue weighted by Crippen LogP contribution is -2.50. The second-order valence-electron chi connectivity index (χ2n) is 6.73. The predicted octanol–water partition coefficient (Wildman–Crippen LogP) is 1.11. The van der Waals surface area contributed by atoms with Crippen LogP contribution >= 0.6 is 0 Å². The second-order valence-corrected chi connectivity index (χ2v) is 6.73. The Morgan fingerprint density at radius 3 is 2.15 bits per heavy atom. The molecule has 26 heavy (non-hydrogen) atoms. The first-order chi connectivity index (χ1) is 11.8. The highest BCUT2D eigenvalue weighted by Gasteiger charge is 2.40. The molecule has 1 aromatic heterocycles. The number of halogens is 3. The molecule has 2 rings (SSSR count). The highest BCUT2D eigenvalue weighted by molar-refractivity contribution is 5.86. The van der Waals surface area contributed by atoms with Gasteiger partial charge < -0.3 is 9.64 Å². The molecule has 0 N–H and O–H groups in total. The van der Waals surface area contributed by atoms with E-state index >= 15 is 0 Å². The number of esters is 1. The number of likely N-dealkylation sites (tertiary alicyclic amines) is 1. The zero-order chi connectivity index (χ0) is 19.9. The maximum atomic E-state index is 12.9. The van der Waals surface area contributed by atoms with Gasteiger partial charge in [-0.1, -0.05) is 0 Å². The van der Waals surface area contributed by atoms with Crippen molar-refractivity contribution < 1.29 is 27.5 Å². The normalized spacial score (nSPS) is 16.7. The summed E-state index contributed by atoms with van der Waals surface area (Å²) in [6.07, 6.45) is -4.17. The number of carbonyl (C=O) groups is 2. The summed E-state index contributed by atoms with van der Waals surface area (Å²) in [5.41, 5.74) is -2.17. The van der Waals surface area contributed by atoms with Gasteiger partial charge in [-0.3, -0.25) is 14.2 Å². The van der Waals surface area contributed by atoms with Crippen LogP contribution in [0.3, 0.4) is 0 Å². The van der Waals surface area contributed by atoms with E-state index in [1.165, 1.54) is 25.7 Å². The molecule has 1 aliphatic heterocycles. The van der Waals surface area contributed by atoms with Gasteiger partial charge in [-0.25, -0.2) is 9.48 Å². The van der Waals surface area contributed by atoms with Gasteiger partial charge in [0.15, 0.2) is 5.60 Å². The maximum Gasteiger partial charge on any atom is 0.451 e. The molecule has 1 aliphatic rings. The van der Waals surface area contributed by atoms with Crippen molar-refractivity contribution >= 4 is 11.9 Å². The van der Waals surface area contributed by atoms with E-state index < -0.39 is 41.2 Å². The van der Waals surface area contributed by atoms with E-state index in [2.05, 4.69) is 5.10 Å². The fraction of sp³-hybridized carbons (Fsp3) is 0.733. The summed E-state index contributed by atoms with van der Waals surface area (Å²) in [6, 6.07) is -0.536. The Labute approximate surface area is 147 Å². The number of nitrogens with zero attached hydrogens (tertiary/aromatic N) is 4. The first kappa shape index (κ1) is 20.0. The van der Waals surface area contributed by atoms with E-state index in [9.17, 15) is 27.6 Å². The van der Waals surface area contributed by atoms with Gasteiger partial charge in [0, 0.05) is 27.1 Å². The van der Waals surface area contributed by atoms with Crippen LogP contribution in [0, 0.1) is 0 Å². The number of hydrogen-bond donors (Lipinski definition) is 0. The van der Waals surface area contributed by atoms with E-state index in [0.717, 1.165) is 11.7 Å². The molecule has 0 aliphatic carbocycles. The van der Waals surface area contributed by atoms with Crippen molar-refractivity contribution in [1.29, 1.82) is 0 Å². The quantitative estimate of drug-likeness (QED) is 0.736. The third kappa shape index (κ3) is 3.91. The summed E-state index contributed by atoms with van der Waals surface area (Å²) in [5.74, 6) is -2.23. The Kier molecular flexibility index (Phi) is 5.20. The largest absolute Gasteiger partial charge is 0.451 e. The summed E-state index contributed by atoms with van der Waals surface area (Å²) >= 11 is 0. The number of ether oxygens (including phenoxy) is 1. The Morgan fingerprint density at radius 1 is 1.19 bits per heavy atom. The van der Waals surface area contributed by atoms with Crippen LogP contribution in [0.5, 0.6) is 0 Å². The van der Waals surface area contributed by atoms with Gasteiger partial charge in [0.2, 0.25) is 5.82 Å². The number of carbonyl (C=O) groups excluding carboxylic acids is 2. The standard InChI is InChI=1S/C15H21F3N4O4/c1-9(23)26-14(2,3)12(24)21-7-5-10(6-8-21)22-13(25)20(4)11(19-22)15(16,17)18/h10H,5-8H2,1-4H3. The Morgan fingerprint density at radius 2 is 1.73 bits per heavy atom. The molecule has 11 heteroatoms. The summed E-state index contributed by atoms with van der Waals surface area (Å²) in [7, 11) is 1.02. The molecule has 146 valence electrons. The third-order valence-electron chi connectivity index (χ3n) is 4.27. The molecule has 2 heterocycles. The minimum absolute atomic E-state index is 0.221. The lowest BCUT2D eigenvalue weighted by Gasteiger charge is -2.36. The lowest BCUT2D eigenvalue weighted by atomic mass is 10.0. The minimum Gasteiger partial charge on any atom is -0.450 e. The van der Waals surface area contributed by atoms with E-state index in [0.29, 0.717) is 4.57 Å². The van der Waals surface area contributed by atoms with Gasteiger partial charge in [-0.15, -0.1) is 5.10 Å². The first-order valence-corrected chi connectivity index (χ1v) is 8.06. The smallest absolute Gasteiger partial charge is 0.450 e. The van der Waals surface area contributed by atoms with Gasteiger partial charge in [-0.05, 0) is 26.7 Å². The van der Waals surface area contributed by atoms with Crippen molar-refractivity contribution in [2.45, 2.75) is 51.4 Å². The van der Waals surface area contributed by atoms with Crippen LogP contribution in [0.15, 0.2) is 4.79 Å². The molecule has 0 radical (unpaired) electrons. The van der Waals surface area contributed by atoms with Crippen molar-refractivity contribution in [2.24, 2.45) is 7.05 Å². The van der Waals surface area contributed by atoms with Gasteiger partial charge in [0.05, 0.1) is 6.04 Å². The highest BCUT2D eigenvalue weighted by atomic mass is 19.4. The van der Waals surface area contributed by atoms with Crippen molar-refractivity contribution in [2.75, 3.05) is 13.1 Å². The Balaban J connectivity index is 2.11. The van der Waals surface area contributed by atoms with Crippen LogP contribution < -0.4 is 5.69 Å². The number of hydrogen-bond acceptors (Lipinski definition) is 5. The Bertz CT molecular complexity index is 758. The SMILES string of the molecule is CC(=O)OC(C)(C)C(=O)N1CCC(n2nc(C(F)(F)F)n(C)c2=O)CC1. The molecule has 1 fully saturated rings. The number of amides is 1.